The van der Waals surface area contributed by atoms with E-state index in [2.05, 4.69) is 22.3 Å². The third-order valence-corrected chi connectivity index (χ3v) is 6.51. The molecule has 0 aliphatic carbocycles. The van der Waals surface area contributed by atoms with E-state index in [0.717, 1.165) is 11.1 Å². The normalized spacial score (nSPS) is 13.6. The van der Waals surface area contributed by atoms with E-state index >= 15 is 0 Å². The topological polar surface area (TPSA) is 102 Å². The van der Waals surface area contributed by atoms with Gasteiger partial charge in [0.1, 0.15) is 17.8 Å². The largest absolute Gasteiger partial charge is 0.348 e. The third-order valence-electron chi connectivity index (χ3n) is 6.26. The van der Waals surface area contributed by atoms with Crippen LogP contribution in [0.1, 0.15) is 22.8 Å². The Labute approximate surface area is 212 Å². The SMILES string of the molecule is CC1CN(C(=O)Cn2c(=O)c(C(=O)NCc3ccc(Cl)cc3)cc3ccc(-c4cnn(C)c4)nc32)C1. The summed E-state index contributed by atoms with van der Waals surface area (Å²) in [5.41, 5.74) is 1.99. The number of fused-ring (bicyclic) bond motifs is 1. The van der Waals surface area contributed by atoms with Crippen molar-refractivity contribution in [3.63, 3.8) is 0 Å². The van der Waals surface area contributed by atoms with Crippen molar-refractivity contribution in [3.05, 3.63) is 81.4 Å². The number of rotatable bonds is 6. The summed E-state index contributed by atoms with van der Waals surface area (Å²) in [6.07, 6.45) is 3.50. The van der Waals surface area contributed by atoms with Gasteiger partial charge in [0.05, 0.1) is 11.9 Å². The second kappa shape index (κ2) is 9.58. The zero-order chi connectivity index (χ0) is 25.4. The molecular weight excluding hydrogens is 480 g/mol. The summed E-state index contributed by atoms with van der Waals surface area (Å²) in [5, 5.41) is 8.16. The number of halogens is 1. The Kier molecular flexibility index (Phi) is 6.32. The van der Waals surface area contributed by atoms with Crippen LogP contribution in [0.5, 0.6) is 0 Å². The summed E-state index contributed by atoms with van der Waals surface area (Å²) in [6.45, 7) is 3.42. The maximum Gasteiger partial charge on any atom is 0.265 e. The lowest BCUT2D eigenvalue weighted by atomic mass is 10.0. The molecule has 1 N–H and O–H groups in total. The molecule has 0 radical (unpaired) electrons. The molecule has 4 heterocycles. The molecule has 184 valence electrons. The van der Waals surface area contributed by atoms with Gasteiger partial charge in [0.15, 0.2) is 0 Å². The molecule has 3 aromatic heterocycles. The number of likely N-dealkylation sites (tertiary alicyclic amines) is 1. The summed E-state index contributed by atoms with van der Waals surface area (Å²) < 4.78 is 2.97. The highest BCUT2D eigenvalue weighted by Crippen LogP contribution is 2.21. The summed E-state index contributed by atoms with van der Waals surface area (Å²) in [7, 11) is 1.81. The molecule has 2 amide bonds. The first-order chi connectivity index (χ1) is 17.3. The van der Waals surface area contributed by atoms with Crippen molar-refractivity contribution in [2.75, 3.05) is 13.1 Å². The quantitative estimate of drug-likeness (QED) is 0.435. The van der Waals surface area contributed by atoms with Gasteiger partial charge in [-0.15, -0.1) is 0 Å². The Hall–Kier alpha value is -3.98. The molecule has 0 atom stereocenters. The van der Waals surface area contributed by atoms with Crippen molar-refractivity contribution in [1.82, 2.24) is 29.5 Å². The molecule has 0 unspecified atom stereocenters. The highest BCUT2D eigenvalue weighted by molar-refractivity contribution is 6.30. The molecule has 1 aliphatic heterocycles. The van der Waals surface area contributed by atoms with E-state index in [1.165, 1.54) is 10.6 Å². The van der Waals surface area contributed by atoms with Crippen molar-refractivity contribution < 1.29 is 9.59 Å². The van der Waals surface area contributed by atoms with E-state index in [-0.39, 0.29) is 24.6 Å². The number of carbonyl (C=O) groups excluding carboxylic acids is 2. The average molecular weight is 505 g/mol. The minimum atomic E-state index is -0.561. The number of pyridine rings is 2. The van der Waals surface area contributed by atoms with Crippen LogP contribution in [0.2, 0.25) is 5.02 Å². The van der Waals surface area contributed by atoms with Crippen LogP contribution in [0.15, 0.2) is 59.7 Å². The van der Waals surface area contributed by atoms with Crippen LogP contribution in [0.25, 0.3) is 22.3 Å². The summed E-state index contributed by atoms with van der Waals surface area (Å²) in [5.74, 6) is -0.265. The van der Waals surface area contributed by atoms with Crippen molar-refractivity contribution in [3.8, 4) is 11.3 Å². The van der Waals surface area contributed by atoms with E-state index in [4.69, 9.17) is 11.6 Å². The Morgan fingerprint density at radius 2 is 1.89 bits per heavy atom. The number of aryl methyl sites for hydroxylation is 1. The number of hydrogen-bond donors (Lipinski definition) is 1. The van der Waals surface area contributed by atoms with Gasteiger partial charge >= 0.3 is 0 Å². The molecule has 5 rings (SSSR count). The first kappa shape index (κ1) is 23.7. The lowest BCUT2D eigenvalue weighted by Crippen LogP contribution is -2.50. The van der Waals surface area contributed by atoms with Crippen LogP contribution in [0.3, 0.4) is 0 Å². The Morgan fingerprint density at radius 3 is 2.56 bits per heavy atom. The first-order valence-electron chi connectivity index (χ1n) is 11.6. The lowest BCUT2D eigenvalue weighted by Gasteiger charge is -2.37. The molecule has 1 aromatic carbocycles. The number of aromatic nitrogens is 4. The molecule has 1 saturated heterocycles. The Bertz CT molecular complexity index is 1520. The highest BCUT2D eigenvalue weighted by Gasteiger charge is 2.28. The van der Waals surface area contributed by atoms with E-state index in [9.17, 15) is 14.4 Å². The molecule has 0 saturated carbocycles. The van der Waals surface area contributed by atoms with Crippen LogP contribution in [-0.2, 0) is 24.9 Å². The number of carbonyl (C=O) groups is 2. The zero-order valence-corrected chi connectivity index (χ0v) is 20.7. The molecule has 1 aliphatic rings. The van der Waals surface area contributed by atoms with Crippen molar-refractivity contribution in [2.24, 2.45) is 13.0 Å². The number of nitrogens with zero attached hydrogens (tertiary/aromatic N) is 5. The standard InChI is InChI=1S/C26H25ClN6O3/c1-16-12-32(13-16)23(34)15-33-24-18(5-8-22(30-24)19-11-29-31(2)14-19)9-21(26(33)36)25(35)28-10-17-3-6-20(27)7-4-17/h3-9,11,14,16H,10,12-13,15H2,1-2H3,(H,28,35). The number of benzene rings is 1. The van der Waals surface area contributed by atoms with Gasteiger partial charge in [0, 0.05) is 48.9 Å². The van der Waals surface area contributed by atoms with Gasteiger partial charge < -0.3 is 10.2 Å². The molecule has 0 bridgehead atoms. The van der Waals surface area contributed by atoms with Crippen LogP contribution >= 0.6 is 11.6 Å². The van der Waals surface area contributed by atoms with Crippen molar-refractivity contribution in [1.29, 1.82) is 0 Å². The molecule has 4 aromatic rings. The van der Waals surface area contributed by atoms with Gasteiger partial charge in [-0.25, -0.2) is 4.98 Å². The van der Waals surface area contributed by atoms with Crippen LogP contribution in [0, 0.1) is 5.92 Å². The molecule has 1 fully saturated rings. The fourth-order valence-electron chi connectivity index (χ4n) is 4.29. The zero-order valence-electron chi connectivity index (χ0n) is 19.9. The van der Waals surface area contributed by atoms with Gasteiger partial charge in [-0.2, -0.15) is 5.10 Å². The average Bonchev–Trinajstić information content (AvgIpc) is 3.29. The number of hydrogen-bond acceptors (Lipinski definition) is 5. The second-order valence-electron chi connectivity index (χ2n) is 9.17. The van der Waals surface area contributed by atoms with Gasteiger partial charge in [-0.1, -0.05) is 30.7 Å². The fraction of sp³-hybridized carbons (Fsp3) is 0.269. The smallest absolute Gasteiger partial charge is 0.265 e. The maximum absolute atomic E-state index is 13.5. The summed E-state index contributed by atoms with van der Waals surface area (Å²) in [6, 6.07) is 12.2. The number of nitrogens with one attached hydrogen (secondary N) is 1. The van der Waals surface area contributed by atoms with E-state index in [1.54, 1.807) is 46.1 Å². The van der Waals surface area contributed by atoms with Gasteiger partial charge in [0.2, 0.25) is 5.91 Å². The predicted molar refractivity (Wildman–Crippen MR) is 137 cm³/mol. The van der Waals surface area contributed by atoms with Crippen molar-refractivity contribution in [2.45, 2.75) is 20.0 Å². The summed E-state index contributed by atoms with van der Waals surface area (Å²) >= 11 is 5.93. The molecular formula is C26H25ClN6O3. The van der Waals surface area contributed by atoms with Crippen LogP contribution < -0.4 is 10.9 Å². The molecule has 9 nitrogen and oxygen atoms in total. The lowest BCUT2D eigenvalue weighted by molar-refractivity contribution is -0.137. The summed E-state index contributed by atoms with van der Waals surface area (Å²) in [4.78, 5) is 45.9. The second-order valence-corrected chi connectivity index (χ2v) is 9.61. The van der Waals surface area contributed by atoms with Gasteiger partial charge in [0.25, 0.3) is 11.5 Å². The predicted octanol–water partition coefficient (Wildman–Crippen LogP) is 2.86. The van der Waals surface area contributed by atoms with Crippen molar-refractivity contribution >= 4 is 34.4 Å². The van der Waals surface area contributed by atoms with Crippen LogP contribution in [0.4, 0.5) is 0 Å². The number of amides is 2. The molecule has 10 heteroatoms. The van der Waals surface area contributed by atoms with E-state index in [1.807, 2.05) is 19.3 Å². The van der Waals surface area contributed by atoms with Gasteiger partial charge in [-0.3, -0.25) is 23.6 Å². The highest BCUT2D eigenvalue weighted by atomic mass is 35.5. The fourth-order valence-corrected chi connectivity index (χ4v) is 4.41. The van der Waals surface area contributed by atoms with E-state index < -0.39 is 11.5 Å². The van der Waals surface area contributed by atoms with Gasteiger partial charge in [-0.05, 0) is 41.8 Å². The minimum absolute atomic E-state index is 0.0443. The Morgan fingerprint density at radius 1 is 1.14 bits per heavy atom. The van der Waals surface area contributed by atoms with E-state index in [0.29, 0.717) is 40.8 Å². The monoisotopic (exact) mass is 504 g/mol. The Balaban J connectivity index is 1.52. The molecule has 0 spiro atoms. The third kappa shape index (κ3) is 4.74. The minimum Gasteiger partial charge on any atom is -0.348 e. The maximum atomic E-state index is 13.5. The molecule has 36 heavy (non-hydrogen) atoms. The van der Waals surface area contributed by atoms with Crippen LogP contribution in [-0.4, -0.2) is 49.1 Å². The first-order valence-corrected chi connectivity index (χ1v) is 12.0.